The van der Waals surface area contributed by atoms with Gasteiger partial charge in [0.1, 0.15) is 0 Å². The number of nitrogens with two attached hydrogens (primary N) is 1. The highest BCUT2D eigenvalue weighted by Crippen LogP contribution is 2.23. The van der Waals surface area contributed by atoms with E-state index >= 15 is 0 Å². The largest absolute Gasteiger partial charge is 0.330 e. The maximum atomic E-state index is 5.54. The van der Waals surface area contributed by atoms with Crippen LogP contribution in [-0.4, -0.2) is 36.1 Å². The predicted molar refractivity (Wildman–Crippen MR) is 68.8 cm³/mol. The van der Waals surface area contributed by atoms with Crippen molar-refractivity contribution >= 4 is 11.3 Å². The smallest absolute Gasteiger partial charge is 0.0930 e. The van der Waals surface area contributed by atoms with Gasteiger partial charge >= 0.3 is 0 Å². The van der Waals surface area contributed by atoms with E-state index in [2.05, 4.69) is 16.8 Å². The van der Waals surface area contributed by atoms with E-state index in [-0.39, 0.29) is 0 Å². The van der Waals surface area contributed by atoms with Crippen LogP contribution >= 0.6 is 11.3 Å². The quantitative estimate of drug-likeness (QED) is 0.847. The first kappa shape index (κ1) is 12.0. The first-order valence-electron chi connectivity index (χ1n) is 6.17. The molecule has 1 aromatic heterocycles. The Morgan fingerprint density at radius 2 is 2.50 bits per heavy atom. The van der Waals surface area contributed by atoms with Crippen molar-refractivity contribution in [2.75, 3.05) is 26.2 Å². The summed E-state index contributed by atoms with van der Waals surface area (Å²) in [7, 11) is 0. The van der Waals surface area contributed by atoms with Gasteiger partial charge in [0.15, 0.2) is 0 Å². The van der Waals surface area contributed by atoms with Gasteiger partial charge in [-0.15, -0.1) is 11.3 Å². The second kappa shape index (κ2) is 5.75. The molecule has 0 bridgehead atoms. The minimum Gasteiger partial charge on any atom is -0.330 e. The van der Waals surface area contributed by atoms with Crippen LogP contribution in [0.2, 0.25) is 0 Å². The molecule has 90 valence electrons. The maximum Gasteiger partial charge on any atom is 0.0930 e. The van der Waals surface area contributed by atoms with E-state index in [4.69, 9.17) is 5.73 Å². The molecular formula is C12H21N3S. The predicted octanol–water partition coefficient (Wildman–Crippen LogP) is 1.53. The van der Waals surface area contributed by atoms with Crippen molar-refractivity contribution in [3.8, 4) is 0 Å². The van der Waals surface area contributed by atoms with Gasteiger partial charge in [0.25, 0.3) is 0 Å². The Morgan fingerprint density at radius 3 is 3.19 bits per heavy atom. The van der Waals surface area contributed by atoms with Crippen molar-refractivity contribution in [3.05, 3.63) is 16.1 Å². The Bertz CT molecular complexity index is 324. The molecule has 1 atom stereocenters. The summed E-state index contributed by atoms with van der Waals surface area (Å²) < 4.78 is 0. The lowest BCUT2D eigenvalue weighted by Gasteiger charge is -2.11. The lowest BCUT2D eigenvalue weighted by molar-refractivity contribution is 0.342. The third-order valence-corrected chi connectivity index (χ3v) is 4.35. The Labute approximate surface area is 102 Å². The number of rotatable bonds is 5. The van der Waals surface area contributed by atoms with Crippen LogP contribution in [0.1, 0.15) is 23.2 Å². The average molecular weight is 239 g/mol. The molecule has 0 aromatic carbocycles. The molecule has 1 aromatic rings. The molecule has 3 nitrogen and oxygen atoms in total. The molecule has 16 heavy (non-hydrogen) atoms. The summed E-state index contributed by atoms with van der Waals surface area (Å²) in [6.45, 7) is 6.68. The molecule has 0 aliphatic carbocycles. The van der Waals surface area contributed by atoms with Crippen molar-refractivity contribution in [1.29, 1.82) is 0 Å². The average Bonchev–Trinajstić information content (AvgIpc) is 2.89. The van der Waals surface area contributed by atoms with E-state index in [0.717, 1.165) is 25.3 Å². The van der Waals surface area contributed by atoms with Crippen LogP contribution in [0.15, 0.2) is 6.20 Å². The Morgan fingerprint density at radius 1 is 1.62 bits per heavy atom. The number of thiazole rings is 1. The summed E-state index contributed by atoms with van der Waals surface area (Å²) >= 11 is 1.84. The number of hydrogen-bond donors (Lipinski definition) is 1. The third-order valence-electron chi connectivity index (χ3n) is 3.27. The minimum atomic E-state index is 0.731. The van der Waals surface area contributed by atoms with Crippen LogP contribution < -0.4 is 5.73 Å². The van der Waals surface area contributed by atoms with Crippen molar-refractivity contribution in [1.82, 2.24) is 9.88 Å². The lowest BCUT2D eigenvalue weighted by Crippen LogP contribution is -2.20. The van der Waals surface area contributed by atoms with Gasteiger partial charge in [-0.25, -0.2) is 4.98 Å². The van der Waals surface area contributed by atoms with Crippen LogP contribution in [0.4, 0.5) is 0 Å². The summed E-state index contributed by atoms with van der Waals surface area (Å²) in [6, 6.07) is 0. The SMILES string of the molecule is CCN1CCC(Cc2ncc(CCN)s2)C1. The van der Waals surface area contributed by atoms with Gasteiger partial charge in [0.2, 0.25) is 0 Å². The first-order chi connectivity index (χ1) is 7.81. The van der Waals surface area contributed by atoms with Crippen LogP contribution in [-0.2, 0) is 12.8 Å². The first-order valence-corrected chi connectivity index (χ1v) is 6.99. The minimum absolute atomic E-state index is 0.731. The molecule has 2 N–H and O–H groups in total. The zero-order valence-corrected chi connectivity index (χ0v) is 10.8. The summed E-state index contributed by atoms with van der Waals surface area (Å²) in [5.74, 6) is 0.817. The number of aromatic nitrogens is 1. The highest BCUT2D eigenvalue weighted by Gasteiger charge is 2.22. The molecule has 1 fully saturated rings. The van der Waals surface area contributed by atoms with Crippen molar-refractivity contribution in [3.63, 3.8) is 0 Å². The number of hydrogen-bond acceptors (Lipinski definition) is 4. The van der Waals surface area contributed by atoms with Gasteiger partial charge in [-0.3, -0.25) is 0 Å². The fourth-order valence-electron chi connectivity index (χ4n) is 2.31. The summed E-state index contributed by atoms with van der Waals surface area (Å²) in [5.41, 5.74) is 5.54. The monoisotopic (exact) mass is 239 g/mol. The van der Waals surface area contributed by atoms with Crippen LogP contribution in [0.5, 0.6) is 0 Å². The molecule has 4 heteroatoms. The summed E-state index contributed by atoms with van der Waals surface area (Å²) in [6.07, 6.45) is 5.47. The molecule has 0 radical (unpaired) electrons. The van der Waals surface area contributed by atoms with Crippen LogP contribution in [0.3, 0.4) is 0 Å². The van der Waals surface area contributed by atoms with Gasteiger partial charge < -0.3 is 10.6 Å². The van der Waals surface area contributed by atoms with Gasteiger partial charge in [0.05, 0.1) is 5.01 Å². The van der Waals surface area contributed by atoms with Crippen LogP contribution in [0, 0.1) is 5.92 Å². The van der Waals surface area contributed by atoms with E-state index in [1.165, 1.54) is 35.9 Å². The van der Waals surface area contributed by atoms with Crippen LogP contribution in [0.25, 0.3) is 0 Å². The molecule has 0 spiro atoms. The molecule has 1 aliphatic heterocycles. The molecule has 1 unspecified atom stereocenters. The van der Waals surface area contributed by atoms with E-state index in [1.807, 2.05) is 17.5 Å². The van der Waals surface area contributed by atoms with Gasteiger partial charge in [-0.2, -0.15) is 0 Å². The number of nitrogens with zero attached hydrogens (tertiary/aromatic N) is 2. The van der Waals surface area contributed by atoms with E-state index in [0.29, 0.717) is 0 Å². The van der Waals surface area contributed by atoms with Gasteiger partial charge in [0, 0.05) is 24.0 Å². The molecule has 1 saturated heterocycles. The highest BCUT2D eigenvalue weighted by atomic mass is 32.1. The molecule has 0 saturated carbocycles. The topological polar surface area (TPSA) is 42.2 Å². The van der Waals surface area contributed by atoms with E-state index < -0.39 is 0 Å². The van der Waals surface area contributed by atoms with Gasteiger partial charge in [-0.1, -0.05) is 6.92 Å². The molecule has 0 amide bonds. The Hall–Kier alpha value is -0.450. The van der Waals surface area contributed by atoms with Crippen molar-refractivity contribution in [2.45, 2.75) is 26.2 Å². The fraction of sp³-hybridized carbons (Fsp3) is 0.750. The summed E-state index contributed by atoms with van der Waals surface area (Å²) in [5, 5.41) is 1.30. The lowest BCUT2D eigenvalue weighted by atomic mass is 10.1. The second-order valence-corrected chi connectivity index (χ2v) is 5.71. The maximum absolute atomic E-state index is 5.54. The second-order valence-electron chi connectivity index (χ2n) is 4.51. The highest BCUT2D eigenvalue weighted by molar-refractivity contribution is 7.11. The Balaban J connectivity index is 1.84. The Kier molecular flexibility index (Phi) is 4.32. The van der Waals surface area contributed by atoms with Gasteiger partial charge in [-0.05, 0) is 38.4 Å². The zero-order chi connectivity index (χ0) is 11.4. The van der Waals surface area contributed by atoms with E-state index in [1.54, 1.807) is 0 Å². The molecular weight excluding hydrogens is 218 g/mol. The normalized spacial score (nSPS) is 21.8. The van der Waals surface area contributed by atoms with Crippen molar-refractivity contribution < 1.29 is 0 Å². The van der Waals surface area contributed by atoms with E-state index in [9.17, 15) is 0 Å². The third kappa shape index (κ3) is 3.03. The summed E-state index contributed by atoms with van der Waals surface area (Å²) in [4.78, 5) is 8.36. The van der Waals surface area contributed by atoms with Crippen molar-refractivity contribution in [2.24, 2.45) is 11.7 Å². The zero-order valence-electron chi connectivity index (χ0n) is 9.98. The fourth-order valence-corrected chi connectivity index (χ4v) is 3.37. The standard InChI is InChI=1S/C12H21N3S/c1-2-15-6-4-10(9-15)7-12-14-8-11(16-12)3-5-13/h8,10H,2-7,9,13H2,1H3. The number of likely N-dealkylation sites (tertiary alicyclic amines) is 1. The molecule has 2 rings (SSSR count). The molecule has 2 heterocycles. The molecule has 1 aliphatic rings.